The number of rotatable bonds is 5. The maximum absolute atomic E-state index is 5.54. The summed E-state index contributed by atoms with van der Waals surface area (Å²) in [4.78, 5) is 11.2. The molecule has 1 unspecified atom stereocenters. The van der Waals surface area contributed by atoms with Crippen LogP contribution in [-0.2, 0) is 0 Å². The Kier molecular flexibility index (Phi) is 4.43. The van der Waals surface area contributed by atoms with Crippen LogP contribution in [-0.4, -0.2) is 46.0 Å². The first kappa shape index (κ1) is 13.2. The average molecular weight is 265 g/mol. The van der Waals surface area contributed by atoms with E-state index in [1.807, 2.05) is 0 Å². The molecule has 0 amide bonds. The van der Waals surface area contributed by atoms with Crippen LogP contribution in [0.2, 0.25) is 0 Å². The predicted octanol–water partition coefficient (Wildman–Crippen LogP) is 0.864. The lowest BCUT2D eigenvalue weighted by Crippen LogP contribution is -2.23. The SMILES string of the molecule is CCN1CCC(CNc2nccc(C(N)=S)n2)C1. The van der Waals surface area contributed by atoms with Gasteiger partial charge in [0.2, 0.25) is 5.95 Å². The van der Waals surface area contributed by atoms with E-state index in [9.17, 15) is 0 Å². The zero-order chi connectivity index (χ0) is 13.0. The van der Waals surface area contributed by atoms with Gasteiger partial charge in [-0.15, -0.1) is 0 Å². The Balaban J connectivity index is 1.87. The number of aromatic nitrogens is 2. The molecule has 98 valence electrons. The highest BCUT2D eigenvalue weighted by molar-refractivity contribution is 7.80. The fraction of sp³-hybridized carbons (Fsp3) is 0.583. The van der Waals surface area contributed by atoms with Crippen molar-refractivity contribution in [3.05, 3.63) is 18.0 Å². The van der Waals surface area contributed by atoms with Gasteiger partial charge in [-0.3, -0.25) is 0 Å². The molecule has 0 aromatic carbocycles. The van der Waals surface area contributed by atoms with E-state index in [4.69, 9.17) is 18.0 Å². The number of nitrogens with zero attached hydrogens (tertiary/aromatic N) is 3. The van der Waals surface area contributed by atoms with Gasteiger partial charge in [-0.25, -0.2) is 9.97 Å². The van der Waals surface area contributed by atoms with Gasteiger partial charge in [0.25, 0.3) is 0 Å². The van der Waals surface area contributed by atoms with Crippen molar-refractivity contribution in [2.45, 2.75) is 13.3 Å². The van der Waals surface area contributed by atoms with Gasteiger partial charge in [0.05, 0.1) is 0 Å². The van der Waals surface area contributed by atoms with Crippen molar-refractivity contribution < 1.29 is 0 Å². The quantitative estimate of drug-likeness (QED) is 0.770. The first-order valence-electron chi connectivity index (χ1n) is 6.28. The molecule has 1 fully saturated rings. The molecule has 0 saturated carbocycles. The van der Waals surface area contributed by atoms with Crippen LogP contribution in [0.25, 0.3) is 0 Å². The second kappa shape index (κ2) is 6.06. The highest BCUT2D eigenvalue weighted by Gasteiger charge is 2.20. The van der Waals surface area contributed by atoms with Crippen LogP contribution in [0, 0.1) is 5.92 Å². The van der Waals surface area contributed by atoms with E-state index in [2.05, 4.69) is 27.1 Å². The molecule has 0 radical (unpaired) electrons. The van der Waals surface area contributed by atoms with Crippen molar-refractivity contribution in [3.63, 3.8) is 0 Å². The standard InChI is InChI=1S/C12H19N5S/c1-2-17-6-4-9(8-17)7-15-12-14-5-3-10(16-12)11(13)18/h3,5,9H,2,4,6-8H2,1H3,(H2,13,18)(H,14,15,16). The third kappa shape index (κ3) is 3.36. The Hall–Kier alpha value is -1.27. The molecule has 3 N–H and O–H groups in total. The molecule has 1 aliphatic rings. The van der Waals surface area contributed by atoms with Gasteiger partial charge >= 0.3 is 0 Å². The monoisotopic (exact) mass is 265 g/mol. The van der Waals surface area contributed by atoms with E-state index in [1.165, 1.54) is 13.0 Å². The first-order valence-corrected chi connectivity index (χ1v) is 6.69. The van der Waals surface area contributed by atoms with Crippen LogP contribution >= 0.6 is 12.2 Å². The van der Waals surface area contributed by atoms with E-state index < -0.39 is 0 Å². The average Bonchev–Trinajstić information content (AvgIpc) is 2.84. The maximum atomic E-state index is 5.54. The van der Waals surface area contributed by atoms with Crippen molar-refractivity contribution in [2.24, 2.45) is 11.7 Å². The third-order valence-electron chi connectivity index (χ3n) is 3.27. The molecule has 6 heteroatoms. The smallest absolute Gasteiger partial charge is 0.223 e. The number of hydrogen-bond acceptors (Lipinski definition) is 5. The Morgan fingerprint density at radius 1 is 1.67 bits per heavy atom. The summed E-state index contributed by atoms with van der Waals surface area (Å²) in [7, 11) is 0. The van der Waals surface area contributed by atoms with Crippen molar-refractivity contribution in [3.8, 4) is 0 Å². The molecule has 2 rings (SSSR count). The second-order valence-corrected chi connectivity index (χ2v) is 5.00. The molecule has 1 aromatic rings. The van der Waals surface area contributed by atoms with E-state index in [0.717, 1.165) is 19.6 Å². The summed E-state index contributed by atoms with van der Waals surface area (Å²) in [5.41, 5.74) is 6.16. The van der Waals surface area contributed by atoms with Gasteiger partial charge in [0, 0.05) is 19.3 Å². The molecule has 1 atom stereocenters. The summed E-state index contributed by atoms with van der Waals surface area (Å²) in [5, 5.41) is 3.26. The van der Waals surface area contributed by atoms with Gasteiger partial charge in [-0.1, -0.05) is 19.1 Å². The van der Waals surface area contributed by atoms with Crippen LogP contribution in [0.4, 0.5) is 5.95 Å². The molecule has 1 saturated heterocycles. The lowest BCUT2D eigenvalue weighted by molar-refractivity contribution is 0.345. The summed E-state index contributed by atoms with van der Waals surface area (Å²) in [5.74, 6) is 1.28. The molecule has 1 aliphatic heterocycles. The van der Waals surface area contributed by atoms with Crippen molar-refractivity contribution in [2.75, 3.05) is 31.5 Å². The van der Waals surface area contributed by atoms with E-state index in [1.54, 1.807) is 12.3 Å². The molecule has 1 aromatic heterocycles. The van der Waals surface area contributed by atoms with Gasteiger partial charge in [0.15, 0.2) is 0 Å². The highest BCUT2D eigenvalue weighted by atomic mass is 32.1. The largest absolute Gasteiger partial charge is 0.388 e. The lowest BCUT2D eigenvalue weighted by Gasteiger charge is -2.13. The topological polar surface area (TPSA) is 67.1 Å². The van der Waals surface area contributed by atoms with Crippen LogP contribution in [0.3, 0.4) is 0 Å². The number of nitrogens with one attached hydrogen (secondary N) is 1. The minimum atomic E-state index is 0.304. The van der Waals surface area contributed by atoms with Gasteiger partial charge in [-0.2, -0.15) is 0 Å². The summed E-state index contributed by atoms with van der Waals surface area (Å²) >= 11 is 4.90. The molecular weight excluding hydrogens is 246 g/mol. The molecule has 0 aliphatic carbocycles. The number of nitrogens with two attached hydrogens (primary N) is 1. The number of anilines is 1. The summed E-state index contributed by atoms with van der Waals surface area (Å²) in [6.45, 7) is 6.57. The fourth-order valence-electron chi connectivity index (χ4n) is 2.18. The summed E-state index contributed by atoms with van der Waals surface area (Å²) < 4.78 is 0. The van der Waals surface area contributed by atoms with E-state index in [-0.39, 0.29) is 0 Å². The minimum absolute atomic E-state index is 0.304. The van der Waals surface area contributed by atoms with E-state index in [0.29, 0.717) is 22.5 Å². The maximum Gasteiger partial charge on any atom is 0.223 e. The Labute approximate surface area is 113 Å². The molecule has 0 bridgehead atoms. The molecule has 2 heterocycles. The Morgan fingerprint density at radius 2 is 2.50 bits per heavy atom. The van der Waals surface area contributed by atoms with E-state index >= 15 is 0 Å². The number of likely N-dealkylation sites (tertiary alicyclic amines) is 1. The molecular formula is C12H19N5S. The van der Waals surface area contributed by atoms with Gasteiger partial charge in [-0.05, 0) is 31.5 Å². The molecule has 5 nitrogen and oxygen atoms in total. The first-order chi connectivity index (χ1) is 8.69. The predicted molar refractivity (Wildman–Crippen MR) is 76.6 cm³/mol. The highest BCUT2D eigenvalue weighted by Crippen LogP contribution is 2.15. The van der Waals surface area contributed by atoms with Gasteiger partial charge in [0.1, 0.15) is 10.7 Å². The Morgan fingerprint density at radius 3 is 3.17 bits per heavy atom. The van der Waals surface area contributed by atoms with Crippen LogP contribution in [0.5, 0.6) is 0 Å². The fourth-order valence-corrected chi connectivity index (χ4v) is 2.30. The van der Waals surface area contributed by atoms with Crippen molar-refractivity contribution >= 4 is 23.2 Å². The van der Waals surface area contributed by atoms with Crippen LogP contribution in [0.15, 0.2) is 12.3 Å². The van der Waals surface area contributed by atoms with Crippen LogP contribution in [0.1, 0.15) is 19.0 Å². The summed E-state index contributed by atoms with van der Waals surface area (Å²) in [6, 6.07) is 1.72. The summed E-state index contributed by atoms with van der Waals surface area (Å²) in [6.07, 6.45) is 2.91. The molecule has 0 spiro atoms. The lowest BCUT2D eigenvalue weighted by atomic mass is 10.1. The van der Waals surface area contributed by atoms with Gasteiger partial charge < -0.3 is 16.0 Å². The Bertz CT molecular complexity index is 423. The third-order valence-corrected chi connectivity index (χ3v) is 3.48. The van der Waals surface area contributed by atoms with Crippen molar-refractivity contribution in [1.82, 2.24) is 14.9 Å². The molecule has 18 heavy (non-hydrogen) atoms. The number of thiocarbonyl (C=S) groups is 1. The minimum Gasteiger partial charge on any atom is -0.388 e. The zero-order valence-corrected chi connectivity index (χ0v) is 11.4. The zero-order valence-electron chi connectivity index (χ0n) is 10.6. The number of hydrogen-bond donors (Lipinski definition) is 2. The second-order valence-electron chi connectivity index (χ2n) is 4.56. The normalized spacial score (nSPS) is 19.9. The van der Waals surface area contributed by atoms with Crippen molar-refractivity contribution in [1.29, 1.82) is 0 Å². The van der Waals surface area contributed by atoms with Crippen LogP contribution < -0.4 is 11.1 Å².